The van der Waals surface area contributed by atoms with Crippen molar-refractivity contribution in [3.05, 3.63) is 28.8 Å². The molecular weight excluding hydrogens is 224 g/mol. The Kier molecular flexibility index (Phi) is 4.08. The lowest BCUT2D eigenvalue weighted by molar-refractivity contribution is 0.0680. The van der Waals surface area contributed by atoms with Crippen LogP contribution in [-0.4, -0.2) is 19.3 Å². The van der Waals surface area contributed by atoms with E-state index >= 15 is 0 Å². The Bertz CT molecular complexity index is 346. The van der Waals surface area contributed by atoms with Crippen LogP contribution in [0.5, 0.6) is 5.75 Å². The van der Waals surface area contributed by atoms with Crippen molar-refractivity contribution in [3.8, 4) is 5.75 Å². The van der Waals surface area contributed by atoms with E-state index in [0.717, 1.165) is 31.6 Å². The minimum atomic E-state index is 0.238. The van der Waals surface area contributed by atoms with Crippen molar-refractivity contribution in [3.63, 3.8) is 0 Å². The Labute approximate surface area is 102 Å². The highest BCUT2D eigenvalue weighted by Gasteiger charge is 2.16. The van der Waals surface area contributed by atoms with Gasteiger partial charge in [0.15, 0.2) is 0 Å². The van der Waals surface area contributed by atoms with Crippen LogP contribution in [0.15, 0.2) is 18.2 Å². The zero-order chi connectivity index (χ0) is 11.4. The molecule has 0 spiro atoms. The van der Waals surface area contributed by atoms with E-state index in [9.17, 15) is 0 Å². The average Bonchev–Trinajstić information content (AvgIpc) is 2.80. The predicted octanol–water partition coefficient (Wildman–Crippen LogP) is 3.46. The summed E-state index contributed by atoms with van der Waals surface area (Å²) in [5.74, 6) is 0.759. The lowest BCUT2D eigenvalue weighted by atomic mass is 10.2. The molecule has 1 aromatic carbocycles. The largest absolute Gasteiger partial charge is 0.489 e. The Morgan fingerprint density at radius 1 is 1.50 bits per heavy atom. The quantitative estimate of drug-likeness (QED) is 0.803. The van der Waals surface area contributed by atoms with Gasteiger partial charge in [-0.2, -0.15) is 0 Å². The Hall–Kier alpha value is -0.730. The Morgan fingerprint density at radius 2 is 2.38 bits per heavy atom. The van der Waals surface area contributed by atoms with Crippen LogP contribution < -0.4 is 4.74 Å². The van der Waals surface area contributed by atoms with Gasteiger partial charge in [-0.3, -0.25) is 0 Å². The van der Waals surface area contributed by atoms with Crippen molar-refractivity contribution in [2.24, 2.45) is 0 Å². The molecule has 0 amide bonds. The van der Waals surface area contributed by atoms with Crippen LogP contribution in [-0.2, 0) is 11.2 Å². The standard InChI is InChI=1S/C13H17ClO2/c1-2-10-5-6-13(12(14)8-10)16-9-11-4-3-7-15-11/h5-6,8,11H,2-4,7,9H2,1H3. The SMILES string of the molecule is CCc1ccc(OCC2CCCO2)c(Cl)c1. The summed E-state index contributed by atoms with van der Waals surface area (Å²) in [6.07, 6.45) is 3.45. The molecule has 0 radical (unpaired) electrons. The summed E-state index contributed by atoms with van der Waals surface area (Å²) in [6.45, 7) is 3.57. The number of halogens is 1. The monoisotopic (exact) mass is 240 g/mol. The molecule has 1 fully saturated rings. The van der Waals surface area contributed by atoms with Crippen LogP contribution >= 0.6 is 11.6 Å². The number of hydrogen-bond acceptors (Lipinski definition) is 2. The van der Waals surface area contributed by atoms with Crippen molar-refractivity contribution in [2.45, 2.75) is 32.3 Å². The van der Waals surface area contributed by atoms with E-state index in [1.54, 1.807) is 0 Å². The first-order valence-electron chi connectivity index (χ1n) is 5.82. The lowest BCUT2D eigenvalue weighted by Crippen LogP contribution is -2.16. The summed E-state index contributed by atoms with van der Waals surface area (Å²) in [4.78, 5) is 0. The topological polar surface area (TPSA) is 18.5 Å². The molecule has 1 unspecified atom stereocenters. The number of hydrogen-bond donors (Lipinski definition) is 0. The lowest BCUT2D eigenvalue weighted by Gasteiger charge is -2.12. The molecule has 2 nitrogen and oxygen atoms in total. The van der Waals surface area contributed by atoms with E-state index in [0.29, 0.717) is 11.6 Å². The van der Waals surface area contributed by atoms with Crippen molar-refractivity contribution < 1.29 is 9.47 Å². The van der Waals surface area contributed by atoms with Crippen LogP contribution in [0.1, 0.15) is 25.3 Å². The molecule has 2 rings (SSSR count). The number of ether oxygens (including phenoxy) is 2. The third-order valence-corrected chi connectivity index (χ3v) is 3.15. The predicted molar refractivity (Wildman–Crippen MR) is 65.3 cm³/mol. The van der Waals surface area contributed by atoms with Gasteiger partial charge in [-0.1, -0.05) is 24.6 Å². The highest BCUT2D eigenvalue weighted by molar-refractivity contribution is 6.32. The molecule has 16 heavy (non-hydrogen) atoms. The summed E-state index contributed by atoms with van der Waals surface area (Å²) in [5.41, 5.74) is 1.23. The minimum absolute atomic E-state index is 0.238. The van der Waals surface area contributed by atoms with E-state index < -0.39 is 0 Å². The number of benzene rings is 1. The van der Waals surface area contributed by atoms with Crippen LogP contribution in [0.25, 0.3) is 0 Å². The van der Waals surface area contributed by atoms with Crippen LogP contribution in [0.4, 0.5) is 0 Å². The van der Waals surface area contributed by atoms with Crippen LogP contribution in [0.2, 0.25) is 5.02 Å². The average molecular weight is 241 g/mol. The van der Waals surface area contributed by atoms with Crippen molar-refractivity contribution in [1.29, 1.82) is 0 Å². The van der Waals surface area contributed by atoms with Gasteiger partial charge in [0.1, 0.15) is 12.4 Å². The van der Waals surface area contributed by atoms with Crippen molar-refractivity contribution in [2.75, 3.05) is 13.2 Å². The molecule has 0 N–H and O–H groups in total. The molecule has 0 bridgehead atoms. The van der Waals surface area contributed by atoms with Gasteiger partial charge in [-0.05, 0) is 37.0 Å². The Balaban J connectivity index is 1.93. The molecule has 0 aliphatic carbocycles. The van der Waals surface area contributed by atoms with Gasteiger partial charge in [0.2, 0.25) is 0 Å². The van der Waals surface area contributed by atoms with Crippen LogP contribution in [0, 0.1) is 0 Å². The maximum Gasteiger partial charge on any atom is 0.138 e. The zero-order valence-corrected chi connectivity index (χ0v) is 10.3. The maximum absolute atomic E-state index is 6.13. The molecule has 1 atom stereocenters. The first kappa shape index (κ1) is 11.7. The number of rotatable bonds is 4. The van der Waals surface area contributed by atoms with Gasteiger partial charge in [0.25, 0.3) is 0 Å². The molecule has 0 aromatic heterocycles. The molecule has 1 aliphatic heterocycles. The molecule has 1 heterocycles. The van der Waals surface area contributed by atoms with Gasteiger partial charge in [-0.15, -0.1) is 0 Å². The molecule has 3 heteroatoms. The van der Waals surface area contributed by atoms with E-state index in [4.69, 9.17) is 21.1 Å². The molecule has 1 aromatic rings. The fourth-order valence-electron chi connectivity index (χ4n) is 1.84. The normalized spacial score (nSPS) is 20.0. The second-order valence-corrected chi connectivity index (χ2v) is 4.47. The van der Waals surface area contributed by atoms with Crippen molar-refractivity contribution in [1.82, 2.24) is 0 Å². The van der Waals surface area contributed by atoms with Crippen molar-refractivity contribution >= 4 is 11.6 Å². The third-order valence-electron chi connectivity index (χ3n) is 2.85. The third kappa shape index (κ3) is 2.89. The van der Waals surface area contributed by atoms with Gasteiger partial charge in [0, 0.05) is 6.61 Å². The first-order valence-corrected chi connectivity index (χ1v) is 6.20. The molecule has 88 valence electrons. The summed E-state index contributed by atoms with van der Waals surface area (Å²) in [6, 6.07) is 5.96. The summed E-state index contributed by atoms with van der Waals surface area (Å²) < 4.78 is 11.2. The van der Waals surface area contributed by atoms with Crippen LogP contribution in [0.3, 0.4) is 0 Å². The minimum Gasteiger partial charge on any atom is -0.489 e. The van der Waals surface area contributed by atoms with E-state index in [1.165, 1.54) is 5.56 Å². The first-order chi connectivity index (χ1) is 7.79. The summed E-state index contributed by atoms with van der Waals surface area (Å²) >= 11 is 6.13. The summed E-state index contributed by atoms with van der Waals surface area (Å²) in [7, 11) is 0. The number of aryl methyl sites for hydroxylation is 1. The zero-order valence-electron chi connectivity index (χ0n) is 9.54. The van der Waals surface area contributed by atoms with E-state index in [1.807, 2.05) is 12.1 Å². The van der Waals surface area contributed by atoms with Gasteiger partial charge < -0.3 is 9.47 Å². The molecule has 0 saturated carbocycles. The van der Waals surface area contributed by atoms with E-state index in [-0.39, 0.29) is 6.10 Å². The fourth-order valence-corrected chi connectivity index (χ4v) is 2.10. The van der Waals surface area contributed by atoms with Gasteiger partial charge in [-0.25, -0.2) is 0 Å². The maximum atomic E-state index is 6.13. The second-order valence-electron chi connectivity index (χ2n) is 4.06. The van der Waals surface area contributed by atoms with Gasteiger partial charge in [0.05, 0.1) is 11.1 Å². The second kappa shape index (κ2) is 5.55. The molecule has 1 saturated heterocycles. The highest BCUT2D eigenvalue weighted by atomic mass is 35.5. The molecular formula is C13H17ClO2. The smallest absolute Gasteiger partial charge is 0.138 e. The molecule has 1 aliphatic rings. The fraction of sp³-hybridized carbons (Fsp3) is 0.538. The van der Waals surface area contributed by atoms with Gasteiger partial charge >= 0.3 is 0 Å². The Morgan fingerprint density at radius 3 is 3.00 bits per heavy atom. The highest BCUT2D eigenvalue weighted by Crippen LogP contribution is 2.26. The summed E-state index contributed by atoms with van der Waals surface area (Å²) in [5, 5.41) is 0.692. The van der Waals surface area contributed by atoms with E-state index in [2.05, 4.69) is 13.0 Å².